The number of nitrogens with one attached hydrogen (secondary N) is 1. The molecule has 1 fully saturated rings. The lowest BCUT2D eigenvalue weighted by Crippen LogP contribution is -2.47. The predicted octanol–water partition coefficient (Wildman–Crippen LogP) is 4.23. The SMILES string of the molecule is C[C@@H](NCC1CN(c2ccc(F)c(C(=O)O)c2)CCO1)c1cccc2ccccc12. The number of rotatable bonds is 6. The van der Waals surface area contributed by atoms with Gasteiger partial charge in [0.15, 0.2) is 0 Å². The van der Waals surface area contributed by atoms with Crippen LogP contribution in [0.3, 0.4) is 0 Å². The zero-order valence-electron chi connectivity index (χ0n) is 16.8. The maximum absolute atomic E-state index is 13.7. The summed E-state index contributed by atoms with van der Waals surface area (Å²) < 4.78 is 19.6. The van der Waals surface area contributed by atoms with Crippen LogP contribution >= 0.6 is 0 Å². The van der Waals surface area contributed by atoms with E-state index in [1.54, 1.807) is 6.07 Å². The van der Waals surface area contributed by atoms with Crippen molar-refractivity contribution in [2.75, 3.05) is 31.1 Å². The molecule has 3 aromatic carbocycles. The number of hydrogen-bond acceptors (Lipinski definition) is 4. The minimum Gasteiger partial charge on any atom is -0.478 e. The standard InChI is InChI=1S/C24H25FN2O3/c1-16(20-8-4-6-17-5-2-3-7-21(17)20)26-14-19-15-27(11-12-30-19)18-9-10-23(25)22(13-18)24(28)29/h2-10,13,16,19,26H,11-12,14-15H2,1H3,(H,28,29)/t16-,19?/m1/s1. The van der Waals surface area contributed by atoms with Crippen molar-refractivity contribution in [2.45, 2.75) is 19.1 Å². The minimum atomic E-state index is -1.26. The summed E-state index contributed by atoms with van der Waals surface area (Å²) >= 11 is 0. The summed E-state index contributed by atoms with van der Waals surface area (Å²) in [5.41, 5.74) is 1.63. The van der Waals surface area contributed by atoms with Crippen molar-refractivity contribution < 1.29 is 19.0 Å². The lowest BCUT2D eigenvalue weighted by atomic mass is 9.99. The number of ether oxygens (including phenoxy) is 1. The number of nitrogens with zero attached hydrogens (tertiary/aromatic N) is 1. The number of fused-ring (bicyclic) bond motifs is 1. The van der Waals surface area contributed by atoms with Crippen LogP contribution < -0.4 is 10.2 Å². The highest BCUT2D eigenvalue weighted by molar-refractivity contribution is 5.89. The van der Waals surface area contributed by atoms with Crippen molar-refractivity contribution in [3.63, 3.8) is 0 Å². The van der Waals surface area contributed by atoms with Gasteiger partial charge in [-0.1, -0.05) is 42.5 Å². The highest BCUT2D eigenvalue weighted by Gasteiger charge is 2.23. The Morgan fingerprint density at radius 1 is 1.23 bits per heavy atom. The summed E-state index contributed by atoms with van der Waals surface area (Å²) in [5.74, 6) is -1.98. The fourth-order valence-electron chi connectivity index (χ4n) is 4.00. The molecule has 0 radical (unpaired) electrons. The summed E-state index contributed by atoms with van der Waals surface area (Å²) in [6.45, 7) is 4.59. The van der Waals surface area contributed by atoms with Gasteiger partial charge in [0.1, 0.15) is 5.82 Å². The topological polar surface area (TPSA) is 61.8 Å². The first-order valence-corrected chi connectivity index (χ1v) is 10.1. The van der Waals surface area contributed by atoms with Crippen LogP contribution in [0.25, 0.3) is 10.8 Å². The minimum absolute atomic E-state index is 0.0468. The molecule has 4 rings (SSSR count). The van der Waals surface area contributed by atoms with Gasteiger partial charge in [0.05, 0.1) is 18.3 Å². The largest absolute Gasteiger partial charge is 0.478 e. The second kappa shape index (κ2) is 8.81. The number of hydrogen-bond donors (Lipinski definition) is 2. The molecule has 30 heavy (non-hydrogen) atoms. The van der Waals surface area contributed by atoms with E-state index in [4.69, 9.17) is 4.74 Å². The lowest BCUT2D eigenvalue weighted by Gasteiger charge is -2.35. The smallest absolute Gasteiger partial charge is 0.338 e. The van der Waals surface area contributed by atoms with Crippen LogP contribution in [0.15, 0.2) is 60.7 Å². The number of benzene rings is 3. The molecule has 1 saturated heterocycles. The molecular weight excluding hydrogens is 383 g/mol. The Morgan fingerprint density at radius 2 is 2.03 bits per heavy atom. The van der Waals surface area contributed by atoms with Gasteiger partial charge in [0, 0.05) is 31.4 Å². The van der Waals surface area contributed by atoms with Crippen molar-refractivity contribution in [1.29, 1.82) is 0 Å². The van der Waals surface area contributed by atoms with Gasteiger partial charge in [0.2, 0.25) is 0 Å². The molecule has 2 N–H and O–H groups in total. The lowest BCUT2D eigenvalue weighted by molar-refractivity contribution is 0.0395. The van der Waals surface area contributed by atoms with Crippen molar-refractivity contribution in [2.24, 2.45) is 0 Å². The molecule has 6 heteroatoms. The van der Waals surface area contributed by atoms with Crippen molar-refractivity contribution in [1.82, 2.24) is 5.32 Å². The Kier molecular flexibility index (Phi) is 5.97. The molecule has 0 aromatic heterocycles. The zero-order valence-corrected chi connectivity index (χ0v) is 16.8. The van der Waals surface area contributed by atoms with Crippen molar-refractivity contribution in [3.8, 4) is 0 Å². The van der Waals surface area contributed by atoms with E-state index in [2.05, 4.69) is 48.6 Å². The number of morpholine rings is 1. The number of aromatic carboxylic acids is 1. The van der Waals surface area contributed by atoms with E-state index in [9.17, 15) is 14.3 Å². The first kappa shape index (κ1) is 20.3. The number of carbonyl (C=O) groups is 1. The average molecular weight is 408 g/mol. The van der Waals surface area contributed by atoms with Crippen LogP contribution in [-0.2, 0) is 4.74 Å². The first-order chi connectivity index (χ1) is 14.5. The van der Waals surface area contributed by atoms with E-state index in [-0.39, 0.29) is 17.7 Å². The average Bonchev–Trinajstić information content (AvgIpc) is 2.77. The van der Waals surface area contributed by atoms with Crippen LogP contribution in [0, 0.1) is 5.82 Å². The van der Waals surface area contributed by atoms with Gasteiger partial charge < -0.3 is 20.1 Å². The molecule has 0 spiro atoms. The Bertz CT molecular complexity index is 1050. The molecule has 1 aliphatic rings. The second-order valence-corrected chi connectivity index (χ2v) is 7.61. The molecule has 1 aliphatic heterocycles. The molecular formula is C24H25FN2O3. The molecule has 5 nitrogen and oxygen atoms in total. The monoisotopic (exact) mass is 408 g/mol. The fourth-order valence-corrected chi connectivity index (χ4v) is 4.00. The number of halogens is 1. The number of anilines is 1. The summed E-state index contributed by atoms with van der Waals surface area (Å²) in [4.78, 5) is 13.3. The molecule has 1 unspecified atom stereocenters. The highest BCUT2D eigenvalue weighted by Crippen LogP contribution is 2.25. The van der Waals surface area contributed by atoms with Crippen LogP contribution in [-0.4, -0.2) is 43.4 Å². The van der Waals surface area contributed by atoms with Gasteiger partial charge in [-0.2, -0.15) is 0 Å². The summed E-state index contributed by atoms with van der Waals surface area (Å²) in [6.07, 6.45) is -0.0468. The second-order valence-electron chi connectivity index (χ2n) is 7.61. The predicted molar refractivity (Wildman–Crippen MR) is 116 cm³/mol. The van der Waals surface area contributed by atoms with Gasteiger partial charge in [-0.3, -0.25) is 0 Å². The van der Waals surface area contributed by atoms with Gasteiger partial charge in [0.25, 0.3) is 0 Å². The van der Waals surface area contributed by atoms with E-state index in [1.165, 1.54) is 28.5 Å². The van der Waals surface area contributed by atoms with Crippen molar-refractivity contribution in [3.05, 3.63) is 77.6 Å². The summed E-state index contributed by atoms with van der Waals surface area (Å²) in [7, 11) is 0. The van der Waals surface area contributed by atoms with E-state index >= 15 is 0 Å². The Morgan fingerprint density at radius 3 is 2.87 bits per heavy atom. The molecule has 0 bridgehead atoms. The van der Waals surface area contributed by atoms with Crippen LogP contribution in [0.2, 0.25) is 0 Å². The third-order valence-electron chi connectivity index (χ3n) is 5.63. The number of carboxylic acid groups (broad SMARTS) is 1. The molecule has 0 saturated carbocycles. The normalized spacial score (nSPS) is 17.8. The number of carboxylic acids is 1. The Labute approximate surface area is 175 Å². The van der Waals surface area contributed by atoms with Crippen molar-refractivity contribution >= 4 is 22.4 Å². The Hall–Kier alpha value is -2.96. The summed E-state index contributed by atoms with van der Waals surface area (Å²) in [5, 5.41) is 15.2. The van der Waals surface area contributed by atoms with E-state index < -0.39 is 11.8 Å². The molecule has 0 aliphatic carbocycles. The van der Waals surface area contributed by atoms with E-state index in [1.807, 2.05) is 11.0 Å². The molecule has 3 aromatic rings. The third kappa shape index (κ3) is 4.30. The molecule has 156 valence electrons. The van der Waals surface area contributed by atoms with E-state index in [0.717, 1.165) is 0 Å². The Balaban J connectivity index is 1.42. The maximum Gasteiger partial charge on any atom is 0.338 e. The summed E-state index contributed by atoms with van der Waals surface area (Å²) in [6, 6.07) is 19.0. The third-order valence-corrected chi connectivity index (χ3v) is 5.63. The zero-order chi connectivity index (χ0) is 21.1. The van der Waals surface area contributed by atoms with Gasteiger partial charge in [-0.15, -0.1) is 0 Å². The molecule has 1 heterocycles. The molecule has 2 atom stereocenters. The fraction of sp³-hybridized carbons (Fsp3) is 0.292. The van der Waals surface area contributed by atoms with Crippen LogP contribution in [0.5, 0.6) is 0 Å². The first-order valence-electron chi connectivity index (χ1n) is 10.1. The molecule has 0 amide bonds. The van der Waals surface area contributed by atoms with Gasteiger partial charge >= 0.3 is 5.97 Å². The quantitative estimate of drug-likeness (QED) is 0.639. The van der Waals surface area contributed by atoms with E-state index in [0.29, 0.717) is 31.9 Å². The van der Waals surface area contributed by atoms with Crippen LogP contribution in [0.1, 0.15) is 28.9 Å². The van der Waals surface area contributed by atoms with Gasteiger partial charge in [-0.05, 0) is 41.5 Å². The van der Waals surface area contributed by atoms with Gasteiger partial charge in [-0.25, -0.2) is 9.18 Å². The maximum atomic E-state index is 13.7. The highest BCUT2D eigenvalue weighted by atomic mass is 19.1. The van der Waals surface area contributed by atoms with Crippen LogP contribution in [0.4, 0.5) is 10.1 Å².